The maximum absolute atomic E-state index is 13.0. The van der Waals surface area contributed by atoms with Crippen LogP contribution in [0.1, 0.15) is 0 Å². The molecule has 0 atom stereocenters. The van der Waals surface area contributed by atoms with E-state index in [0.29, 0.717) is 21.4 Å². The molecule has 1 aliphatic rings. The maximum atomic E-state index is 13.0. The van der Waals surface area contributed by atoms with Crippen LogP contribution in [0.15, 0.2) is 28.9 Å². The largest absolute Gasteiger partial charge is 0.586 e. The van der Waals surface area contributed by atoms with E-state index in [4.69, 9.17) is 17.3 Å². The second-order valence-corrected chi connectivity index (χ2v) is 5.30. The van der Waals surface area contributed by atoms with Gasteiger partial charge >= 0.3 is 6.29 Å². The number of benzene rings is 1. The standard InChI is InChI=1S/C12H6BrClF2N2O2/c13-7-1-5(4-18-11(7)17)6-2-9-10(3-8(6)14)20-12(15,16)19-9/h1-4H,(H2,17,18). The highest BCUT2D eigenvalue weighted by molar-refractivity contribution is 9.10. The molecule has 0 saturated carbocycles. The van der Waals surface area contributed by atoms with Crippen LogP contribution in [0.3, 0.4) is 0 Å². The Morgan fingerprint density at radius 1 is 1.20 bits per heavy atom. The normalized spacial score (nSPS) is 15.4. The van der Waals surface area contributed by atoms with Crippen LogP contribution in [0.4, 0.5) is 14.6 Å². The van der Waals surface area contributed by atoms with Gasteiger partial charge in [0, 0.05) is 23.4 Å². The molecule has 1 aromatic heterocycles. The molecule has 3 rings (SSSR count). The number of rotatable bonds is 1. The van der Waals surface area contributed by atoms with Crippen molar-refractivity contribution in [1.29, 1.82) is 0 Å². The quantitative estimate of drug-likeness (QED) is 0.830. The fourth-order valence-electron chi connectivity index (χ4n) is 1.79. The molecule has 0 radical (unpaired) electrons. The summed E-state index contributed by atoms with van der Waals surface area (Å²) in [5.41, 5.74) is 6.69. The Hall–Kier alpha value is -1.60. The Morgan fingerprint density at radius 3 is 2.50 bits per heavy atom. The monoisotopic (exact) mass is 362 g/mol. The third kappa shape index (κ3) is 2.27. The summed E-state index contributed by atoms with van der Waals surface area (Å²) >= 11 is 9.31. The van der Waals surface area contributed by atoms with Gasteiger partial charge in [0.05, 0.1) is 9.50 Å². The van der Waals surface area contributed by atoms with Gasteiger partial charge in [0.15, 0.2) is 11.5 Å². The van der Waals surface area contributed by atoms with Gasteiger partial charge in [0.1, 0.15) is 5.82 Å². The van der Waals surface area contributed by atoms with Crippen molar-refractivity contribution >= 4 is 33.3 Å². The molecule has 1 aromatic carbocycles. The summed E-state index contributed by atoms with van der Waals surface area (Å²) in [5.74, 6) is 0.130. The molecule has 0 aliphatic carbocycles. The van der Waals surface area contributed by atoms with Crippen molar-refractivity contribution in [3.8, 4) is 22.6 Å². The van der Waals surface area contributed by atoms with Crippen LogP contribution in [0, 0.1) is 0 Å². The van der Waals surface area contributed by atoms with Crippen LogP contribution >= 0.6 is 27.5 Å². The molecule has 2 heterocycles. The van der Waals surface area contributed by atoms with Crippen LogP contribution < -0.4 is 15.2 Å². The molecule has 0 fully saturated rings. The molecule has 1 aliphatic heterocycles. The molecular formula is C12H6BrClF2N2O2. The van der Waals surface area contributed by atoms with Gasteiger partial charge in [-0.1, -0.05) is 11.6 Å². The number of halogens is 4. The van der Waals surface area contributed by atoms with Gasteiger partial charge in [0.25, 0.3) is 0 Å². The lowest BCUT2D eigenvalue weighted by atomic mass is 10.1. The van der Waals surface area contributed by atoms with E-state index >= 15 is 0 Å². The second-order valence-electron chi connectivity index (χ2n) is 4.04. The number of nitrogens with zero attached hydrogens (tertiary/aromatic N) is 1. The minimum absolute atomic E-state index is 0.0812. The first-order chi connectivity index (χ1) is 9.35. The van der Waals surface area contributed by atoms with Gasteiger partial charge in [-0.25, -0.2) is 4.98 Å². The molecule has 20 heavy (non-hydrogen) atoms. The molecule has 2 aromatic rings. The van der Waals surface area contributed by atoms with Crippen LogP contribution in [0.25, 0.3) is 11.1 Å². The highest BCUT2D eigenvalue weighted by Crippen LogP contribution is 2.46. The molecule has 8 heteroatoms. The summed E-state index contributed by atoms with van der Waals surface area (Å²) in [5, 5.41) is 0.239. The predicted molar refractivity (Wildman–Crippen MR) is 73.0 cm³/mol. The van der Waals surface area contributed by atoms with Crippen LogP contribution in [0.2, 0.25) is 5.02 Å². The smallest absolute Gasteiger partial charge is 0.395 e. The number of nitrogen functional groups attached to an aromatic ring is 1. The van der Waals surface area contributed by atoms with Crippen molar-refractivity contribution in [1.82, 2.24) is 4.98 Å². The van der Waals surface area contributed by atoms with E-state index in [1.807, 2.05) is 0 Å². The summed E-state index contributed by atoms with van der Waals surface area (Å²) in [7, 11) is 0. The lowest BCUT2D eigenvalue weighted by Crippen LogP contribution is -2.25. The molecule has 4 nitrogen and oxygen atoms in total. The topological polar surface area (TPSA) is 57.4 Å². The minimum Gasteiger partial charge on any atom is -0.395 e. The fraction of sp³-hybridized carbons (Fsp3) is 0.0833. The predicted octanol–water partition coefficient (Wildman–Crippen LogP) is 4.07. The Bertz CT molecular complexity index is 712. The lowest BCUT2D eigenvalue weighted by Gasteiger charge is -2.07. The highest BCUT2D eigenvalue weighted by Gasteiger charge is 2.43. The number of aromatic nitrogens is 1. The van der Waals surface area contributed by atoms with Crippen LogP contribution in [0.5, 0.6) is 11.5 Å². The van der Waals surface area contributed by atoms with Crippen LogP contribution in [-0.4, -0.2) is 11.3 Å². The number of hydrogen-bond donors (Lipinski definition) is 1. The molecule has 0 spiro atoms. The average Bonchev–Trinajstić information content (AvgIpc) is 2.65. The first-order valence-corrected chi connectivity index (χ1v) is 6.53. The van der Waals surface area contributed by atoms with Gasteiger partial charge < -0.3 is 15.2 Å². The number of anilines is 1. The molecule has 104 valence electrons. The van der Waals surface area contributed by atoms with E-state index < -0.39 is 6.29 Å². The first kappa shape index (κ1) is 13.4. The third-order valence-electron chi connectivity index (χ3n) is 2.67. The van der Waals surface area contributed by atoms with E-state index in [-0.39, 0.29) is 16.5 Å². The first-order valence-electron chi connectivity index (χ1n) is 5.36. The van der Waals surface area contributed by atoms with E-state index in [1.165, 1.54) is 18.3 Å². The molecule has 0 saturated heterocycles. The molecule has 2 N–H and O–H groups in total. The van der Waals surface area contributed by atoms with Crippen molar-refractivity contribution in [2.24, 2.45) is 0 Å². The van der Waals surface area contributed by atoms with E-state index in [9.17, 15) is 8.78 Å². The molecule has 0 bridgehead atoms. The minimum atomic E-state index is -3.68. The molecule has 0 amide bonds. The van der Waals surface area contributed by atoms with E-state index in [2.05, 4.69) is 30.4 Å². The Labute approximate surface area is 125 Å². The number of hydrogen-bond acceptors (Lipinski definition) is 4. The average molecular weight is 364 g/mol. The van der Waals surface area contributed by atoms with Crippen molar-refractivity contribution < 1.29 is 18.3 Å². The lowest BCUT2D eigenvalue weighted by molar-refractivity contribution is -0.286. The third-order valence-corrected chi connectivity index (χ3v) is 3.62. The summed E-state index contributed by atoms with van der Waals surface area (Å²) < 4.78 is 35.3. The van der Waals surface area contributed by atoms with Crippen molar-refractivity contribution in [2.45, 2.75) is 6.29 Å². The fourth-order valence-corrected chi connectivity index (χ4v) is 2.40. The van der Waals surface area contributed by atoms with Crippen molar-refractivity contribution in [3.05, 3.63) is 33.9 Å². The number of fused-ring (bicyclic) bond motifs is 1. The van der Waals surface area contributed by atoms with Gasteiger partial charge in [-0.05, 0) is 28.1 Å². The van der Waals surface area contributed by atoms with Crippen LogP contribution in [-0.2, 0) is 0 Å². The summed E-state index contributed by atoms with van der Waals surface area (Å²) in [6.45, 7) is 0. The summed E-state index contributed by atoms with van der Waals surface area (Å²) in [4.78, 5) is 3.97. The Kier molecular flexibility index (Phi) is 2.98. The zero-order valence-electron chi connectivity index (χ0n) is 9.66. The highest BCUT2D eigenvalue weighted by atomic mass is 79.9. The SMILES string of the molecule is Nc1ncc(-c2cc3c(cc2Cl)OC(F)(F)O3)cc1Br. The zero-order chi connectivity index (χ0) is 14.5. The van der Waals surface area contributed by atoms with Gasteiger partial charge in [-0.3, -0.25) is 0 Å². The number of nitrogens with two attached hydrogens (primary N) is 1. The van der Waals surface area contributed by atoms with Crippen molar-refractivity contribution in [3.63, 3.8) is 0 Å². The number of pyridine rings is 1. The second kappa shape index (κ2) is 4.46. The Balaban J connectivity index is 2.10. The van der Waals surface area contributed by atoms with Gasteiger partial charge in [-0.2, -0.15) is 0 Å². The number of ether oxygens (including phenoxy) is 2. The van der Waals surface area contributed by atoms with Crippen molar-refractivity contribution in [2.75, 3.05) is 5.73 Å². The summed E-state index contributed by atoms with van der Waals surface area (Å²) in [6, 6.07) is 4.33. The van der Waals surface area contributed by atoms with Gasteiger partial charge in [0.2, 0.25) is 0 Å². The van der Waals surface area contributed by atoms with Gasteiger partial charge in [-0.15, -0.1) is 8.78 Å². The number of alkyl halides is 2. The summed E-state index contributed by atoms with van der Waals surface area (Å²) in [6.07, 6.45) is -2.19. The zero-order valence-corrected chi connectivity index (χ0v) is 12.0. The molecule has 0 unspecified atom stereocenters. The molecular weight excluding hydrogens is 357 g/mol. The maximum Gasteiger partial charge on any atom is 0.586 e. The van der Waals surface area contributed by atoms with E-state index in [1.54, 1.807) is 6.07 Å². The Morgan fingerprint density at radius 2 is 1.85 bits per heavy atom. The van der Waals surface area contributed by atoms with E-state index in [0.717, 1.165) is 0 Å².